The van der Waals surface area contributed by atoms with Crippen LogP contribution in [0.4, 0.5) is 0 Å². The summed E-state index contributed by atoms with van der Waals surface area (Å²) in [7, 11) is -1.90. The lowest BCUT2D eigenvalue weighted by molar-refractivity contribution is -0.132. The molecular weight excluding hydrogens is 300 g/mol. The van der Waals surface area contributed by atoms with E-state index in [1.807, 2.05) is 11.0 Å². The van der Waals surface area contributed by atoms with Crippen LogP contribution in [-0.2, 0) is 14.8 Å². The minimum Gasteiger partial charge on any atom is -0.335 e. The van der Waals surface area contributed by atoms with Crippen molar-refractivity contribution in [3.63, 3.8) is 0 Å². The second-order valence-electron chi connectivity index (χ2n) is 6.05. The van der Waals surface area contributed by atoms with E-state index in [0.717, 1.165) is 23.4 Å². The summed E-state index contributed by atoms with van der Waals surface area (Å²) in [5.74, 6) is -0.128. The number of nitrogens with zero attached hydrogens (tertiary/aromatic N) is 2. The molecule has 1 atom stereocenters. The predicted octanol–water partition coefficient (Wildman–Crippen LogP) is 1.86. The Morgan fingerprint density at radius 1 is 1.36 bits per heavy atom. The van der Waals surface area contributed by atoms with Crippen molar-refractivity contribution >= 4 is 15.9 Å². The number of benzene rings is 1. The van der Waals surface area contributed by atoms with Gasteiger partial charge in [-0.25, -0.2) is 8.42 Å². The number of likely N-dealkylation sites (tertiary alicyclic amines) is 1. The molecule has 1 amide bonds. The first-order valence-electron chi connectivity index (χ1n) is 7.48. The molecule has 6 heteroatoms. The lowest BCUT2D eigenvalue weighted by atomic mass is 9.96. The van der Waals surface area contributed by atoms with E-state index in [2.05, 4.69) is 26.0 Å². The second kappa shape index (κ2) is 6.38. The largest absolute Gasteiger partial charge is 0.335 e. The molecule has 0 bridgehead atoms. The van der Waals surface area contributed by atoms with E-state index in [-0.39, 0.29) is 18.5 Å². The molecule has 0 saturated carbocycles. The van der Waals surface area contributed by atoms with Crippen LogP contribution in [0.25, 0.3) is 0 Å². The van der Waals surface area contributed by atoms with Crippen LogP contribution >= 0.6 is 0 Å². The van der Waals surface area contributed by atoms with E-state index < -0.39 is 10.0 Å². The molecule has 1 aliphatic rings. The normalized spacial score (nSPS) is 19.0. The average Bonchev–Trinajstić information content (AvgIpc) is 2.90. The zero-order valence-corrected chi connectivity index (χ0v) is 14.5. The Bertz CT molecular complexity index is 670. The van der Waals surface area contributed by atoms with Crippen LogP contribution in [0.15, 0.2) is 18.2 Å². The molecule has 5 nitrogen and oxygen atoms in total. The van der Waals surface area contributed by atoms with E-state index in [0.29, 0.717) is 6.54 Å². The highest BCUT2D eigenvalue weighted by molar-refractivity contribution is 7.88. The average molecular weight is 324 g/mol. The summed E-state index contributed by atoms with van der Waals surface area (Å²) in [6, 6.07) is 6.21. The molecule has 1 fully saturated rings. The van der Waals surface area contributed by atoms with Gasteiger partial charge in [-0.05, 0) is 43.4 Å². The van der Waals surface area contributed by atoms with E-state index in [4.69, 9.17) is 0 Å². The number of carbonyl (C=O) groups excluding carboxylic acids is 1. The van der Waals surface area contributed by atoms with Gasteiger partial charge >= 0.3 is 0 Å². The molecule has 122 valence electrons. The Balaban J connectivity index is 2.20. The molecule has 1 saturated heterocycles. The number of carbonyl (C=O) groups is 1. The van der Waals surface area contributed by atoms with Crippen LogP contribution < -0.4 is 0 Å². The summed E-state index contributed by atoms with van der Waals surface area (Å²) in [4.78, 5) is 14.3. The first kappa shape index (κ1) is 17.0. The van der Waals surface area contributed by atoms with Crippen molar-refractivity contribution in [2.45, 2.75) is 32.7 Å². The van der Waals surface area contributed by atoms with Gasteiger partial charge in [0.15, 0.2) is 0 Å². The fraction of sp³-hybridized carbons (Fsp3) is 0.562. The summed E-state index contributed by atoms with van der Waals surface area (Å²) in [5, 5.41) is 0. The monoisotopic (exact) mass is 324 g/mol. The van der Waals surface area contributed by atoms with Crippen LogP contribution in [0.2, 0.25) is 0 Å². The van der Waals surface area contributed by atoms with Crippen molar-refractivity contribution in [3.05, 3.63) is 34.9 Å². The molecule has 1 aromatic carbocycles. The zero-order chi connectivity index (χ0) is 16.5. The van der Waals surface area contributed by atoms with Crippen LogP contribution in [0.1, 0.15) is 35.6 Å². The Hall–Kier alpha value is -1.40. The number of hydrogen-bond acceptors (Lipinski definition) is 3. The lowest BCUT2D eigenvalue weighted by Gasteiger charge is -2.28. The van der Waals surface area contributed by atoms with Gasteiger partial charge in [0.2, 0.25) is 15.9 Å². The molecule has 0 N–H and O–H groups in total. The van der Waals surface area contributed by atoms with Crippen LogP contribution in [0.3, 0.4) is 0 Å². The fourth-order valence-electron chi connectivity index (χ4n) is 2.92. The van der Waals surface area contributed by atoms with Crippen LogP contribution in [0.5, 0.6) is 0 Å². The molecule has 1 aromatic rings. The Labute approximate surface area is 133 Å². The molecule has 0 radical (unpaired) electrons. The van der Waals surface area contributed by atoms with Crippen LogP contribution in [0, 0.1) is 13.8 Å². The summed E-state index contributed by atoms with van der Waals surface area (Å²) in [5.41, 5.74) is 3.60. The van der Waals surface area contributed by atoms with Gasteiger partial charge in [0.1, 0.15) is 0 Å². The van der Waals surface area contributed by atoms with Gasteiger partial charge in [-0.2, -0.15) is 4.31 Å². The highest BCUT2D eigenvalue weighted by atomic mass is 32.2. The smallest absolute Gasteiger partial charge is 0.238 e. The van der Waals surface area contributed by atoms with Gasteiger partial charge in [0.25, 0.3) is 0 Å². The standard InChI is InChI=1S/C16H24N2O3S/c1-12-7-5-8-14(13(12)2)15-9-6-10-18(15)16(19)11-17(3)22(4,20)21/h5,7-8,15H,6,9-11H2,1-4H3/t15-/m0/s1. The van der Waals surface area contributed by atoms with Crippen molar-refractivity contribution in [1.82, 2.24) is 9.21 Å². The highest BCUT2D eigenvalue weighted by Gasteiger charge is 2.32. The third-order valence-electron chi connectivity index (χ3n) is 4.50. The van der Waals surface area contributed by atoms with Gasteiger partial charge in [-0.1, -0.05) is 18.2 Å². The van der Waals surface area contributed by atoms with Crippen molar-refractivity contribution in [2.75, 3.05) is 26.4 Å². The maximum atomic E-state index is 12.5. The first-order chi connectivity index (χ1) is 10.2. The molecule has 1 heterocycles. The minimum atomic E-state index is -3.34. The third kappa shape index (κ3) is 3.50. The molecule has 0 spiro atoms. The lowest BCUT2D eigenvalue weighted by Crippen LogP contribution is -2.40. The van der Waals surface area contributed by atoms with E-state index in [1.165, 1.54) is 23.7 Å². The number of aryl methyl sites for hydroxylation is 1. The Morgan fingerprint density at radius 2 is 2.05 bits per heavy atom. The maximum Gasteiger partial charge on any atom is 0.238 e. The number of rotatable bonds is 4. The first-order valence-corrected chi connectivity index (χ1v) is 9.33. The van der Waals surface area contributed by atoms with Gasteiger partial charge in [-0.3, -0.25) is 4.79 Å². The molecule has 0 aromatic heterocycles. The summed E-state index contributed by atoms with van der Waals surface area (Å²) >= 11 is 0. The minimum absolute atomic E-state index is 0.0559. The highest BCUT2D eigenvalue weighted by Crippen LogP contribution is 2.34. The van der Waals surface area contributed by atoms with Crippen molar-refractivity contribution in [3.8, 4) is 0 Å². The second-order valence-corrected chi connectivity index (χ2v) is 8.14. The quantitative estimate of drug-likeness (QED) is 0.849. The van der Waals surface area contributed by atoms with E-state index in [9.17, 15) is 13.2 Å². The van der Waals surface area contributed by atoms with Crippen molar-refractivity contribution in [1.29, 1.82) is 0 Å². The SMILES string of the molecule is Cc1cccc([C@@H]2CCCN2C(=O)CN(C)S(C)(=O)=O)c1C. The molecule has 0 unspecified atom stereocenters. The fourth-order valence-corrected chi connectivity index (χ4v) is 3.27. The zero-order valence-electron chi connectivity index (χ0n) is 13.7. The molecule has 22 heavy (non-hydrogen) atoms. The topological polar surface area (TPSA) is 57.7 Å². The third-order valence-corrected chi connectivity index (χ3v) is 5.76. The molecule has 0 aliphatic carbocycles. The Kier molecular flexibility index (Phi) is 4.92. The van der Waals surface area contributed by atoms with Crippen molar-refractivity contribution in [2.24, 2.45) is 0 Å². The summed E-state index contributed by atoms with van der Waals surface area (Å²) < 4.78 is 24.1. The van der Waals surface area contributed by atoms with Gasteiger partial charge in [0.05, 0.1) is 18.8 Å². The van der Waals surface area contributed by atoms with Crippen LogP contribution in [-0.4, -0.2) is 49.9 Å². The Morgan fingerprint density at radius 3 is 2.68 bits per heavy atom. The predicted molar refractivity (Wildman–Crippen MR) is 87.1 cm³/mol. The molecular formula is C16H24N2O3S. The summed E-state index contributed by atoms with van der Waals surface area (Å²) in [6.45, 7) is 4.74. The maximum absolute atomic E-state index is 12.5. The molecule has 2 rings (SSSR count). The van der Waals surface area contributed by atoms with Gasteiger partial charge < -0.3 is 4.90 Å². The van der Waals surface area contributed by atoms with E-state index in [1.54, 1.807) is 0 Å². The summed E-state index contributed by atoms with van der Waals surface area (Å²) in [6.07, 6.45) is 3.00. The number of hydrogen-bond donors (Lipinski definition) is 0. The van der Waals surface area contributed by atoms with Gasteiger partial charge in [0, 0.05) is 13.6 Å². The van der Waals surface area contributed by atoms with E-state index >= 15 is 0 Å². The molecule has 1 aliphatic heterocycles. The van der Waals surface area contributed by atoms with Gasteiger partial charge in [-0.15, -0.1) is 0 Å². The number of likely N-dealkylation sites (N-methyl/N-ethyl adjacent to an activating group) is 1. The van der Waals surface area contributed by atoms with Crippen molar-refractivity contribution < 1.29 is 13.2 Å². The number of sulfonamides is 1. The number of amides is 1.